The van der Waals surface area contributed by atoms with Crippen molar-refractivity contribution in [2.24, 2.45) is 5.92 Å². The Kier molecular flexibility index (Phi) is 4.88. The quantitative estimate of drug-likeness (QED) is 0.710. The van der Waals surface area contributed by atoms with E-state index >= 15 is 0 Å². The molecule has 0 bridgehead atoms. The van der Waals surface area contributed by atoms with Crippen molar-refractivity contribution in [3.63, 3.8) is 0 Å². The van der Waals surface area contributed by atoms with Crippen LogP contribution in [-0.4, -0.2) is 18.7 Å². The zero-order chi connectivity index (χ0) is 12.8. The Labute approximate surface area is 102 Å². The van der Waals surface area contributed by atoms with Crippen molar-refractivity contribution in [1.82, 2.24) is 0 Å². The van der Waals surface area contributed by atoms with Gasteiger partial charge in [-0.15, -0.1) is 0 Å². The van der Waals surface area contributed by atoms with Crippen LogP contribution in [0.2, 0.25) is 0 Å². The number of rotatable bonds is 6. The summed E-state index contributed by atoms with van der Waals surface area (Å²) < 4.78 is 5.05. The van der Waals surface area contributed by atoms with Gasteiger partial charge in [0.05, 0.1) is 13.0 Å². The number of carbonyl (C=O) groups is 2. The Morgan fingerprint density at radius 2 is 1.82 bits per heavy atom. The normalized spacial score (nSPS) is 11.9. The molecule has 1 aromatic carbocycles. The molecule has 1 aromatic rings. The summed E-state index contributed by atoms with van der Waals surface area (Å²) in [4.78, 5) is 22.7. The van der Waals surface area contributed by atoms with Crippen LogP contribution in [0.15, 0.2) is 24.3 Å². The van der Waals surface area contributed by atoms with Crippen molar-refractivity contribution in [3.05, 3.63) is 29.8 Å². The summed E-state index contributed by atoms with van der Waals surface area (Å²) in [6.45, 7) is 3.12. The number of hydrogen-bond donors (Lipinski definition) is 0. The van der Waals surface area contributed by atoms with Crippen LogP contribution in [-0.2, 0) is 16.0 Å². The van der Waals surface area contributed by atoms with Gasteiger partial charge in [-0.05, 0) is 38.0 Å². The molecule has 17 heavy (non-hydrogen) atoms. The third kappa shape index (κ3) is 4.02. The number of ether oxygens (including phenoxy) is 1. The Bertz CT molecular complexity index is 392. The fraction of sp³-hybridized carbons (Fsp3) is 0.429. The summed E-state index contributed by atoms with van der Waals surface area (Å²) in [6, 6.07) is 7.61. The van der Waals surface area contributed by atoms with E-state index in [4.69, 9.17) is 4.74 Å². The first-order valence-corrected chi connectivity index (χ1v) is 5.70. The Balaban J connectivity index is 2.50. The third-order valence-electron chi connectivity index (χ3n) is 2.91. The summed E-state index contributed by atoms with van der Waals surface area (Å²) >= 11 is 0. The number of carbonyl (C=O) groups excluding carboxylic acids is 2. The number of benzene rings is 1. The van der Waals surface area contributed by atoms with Gasteiger partial charge in [-0.1, -0.05) is 12.1 Å². The van der Waals surface area contributed by atoms with Crippen molar-refractivity contribution < 1.29 is 14.3 Å². The van der Waals surface area contributed by atoms with E-state index in [1.54, 1.807) is 14.0 Å². The Morgan fingerprint density at radius 3 is 2.29 bits per heavy atom. The molecule has 0 aliphatic carbocycles. The highest BCUT2D eigenvalue weighted by molar-refractivity contribution is 6.00. The molecule has 1 atom stereocenters. The van der Waals surface area contributed by atoms with Crippen molar-refractivity contribution in [3.8, 4) is 5.75 Å². The van der Waals surface area contributed by atoms with Gasteiger partial charge in [-0.25, -0.2) is 0 Å². The van der Waals surface area contributed by atoms with E-state index in [-0.39, 0.29) is 11.6 Å². The topological polar surface area (TPSA) is 43.4 Å². The molecule has 0 aromatic heterocycles. The highest BCUT2D eigenvalue weighted by Crippen LogP contribution is 2.13. The lowest BCUT2D eigenvalue weighted by atomic mass is 9.97. The van der Waals surface area contributed by atoms with Gasteiger partial charge in [0, 0.05) is 6.42 Å². The Morgan fingerprint density at radius 1 is 1.24 bits per heavy atom. The van der Waals surface area contributed by atoms with E-state index in [1.165, 1.54) is 6.92 Å². The predicted octanol–water partition coefficient (Wildman–Crippen LogP) is 2.42. The summed E-state index contributed by atoms with van der Waals surface area (Å²) in [5.41, 5.74) is 1.08. The third-order valence-corrected chi connectivity index (χ3v) is 2.91. The van der Waals surface area contributed by atoms with Crippen molar-refractivity contribution >= 4 is 11.6 Å². The first-order chi connectivity index (χ1) is 8.04. The molecule has 1 rings (SSSR count). The minimum absolute atomic E-state index is 0.00770. The van der Waals surface area contributed by atoms with Crippen molar-refractivity contribution in [2.75, 3.05) is 7.11 Å². The summed E-state index contributed by atoms with van der Waals surface area (Å²) in [5.74, 6) is 0.267. The van der Waals surface area contributed by atoms with Gasteiger partial charge in [0.2, 0.25) is 0 Å². The predicted molar refractivity (Wildman–Crippen MR) is 66.2 cm³/mol. The molecule has 0 heterocycles. The van der Waals surface area contributed by atoms with Crippen molar-refractivity contribution in [1.29, 1.82) is 0 Å². The highest BCUT2D eigenvalue weighted by atomic mass is 16.5. The minimum Gasteiger partial charge on any atom is -0.497 e. The van der Waals surface area contributed by atoms with Crippen LogP contribution in [0.1, 0.15) is 25.8 Å². The Hall–Kier alpha value is -1.64. The molecule has 0 aliphatic rings. The van der Waals surface area contributed by atoms with E-state index in [0.29, 0.717) is 12.8 Å². The van der Waals surface area contributed by atoms with Crippen LogP contribution in [0.5, 0.6) is 5.75 Å². The summed E-state index contributed by atoms with van der Waals surface area (Å²) in [6.07, 6.45) is 1.08. The van der Waals surface area contributed by atoms with Gasteiger partial charge in [0.1, 0.15) is 17.3 Å². The zero-order valence-corrected chi connectivity index (χ0v) is 10.5. The first kappa shape index (κ1) is 13.4. The SMILES string of the molecule is COc1ccc(CCC(=O)C(C)C(C)=O)cc1. The van der Waals surface area contributed by atoms with Gasteiger partial charge in [0.25, 0.3) is 0 Å². The fourth-order valence-corrected chi connectivity index (χ4v) is 1.50. The number of hydrogen-bond acceptors (Lipinski definition) is 3. The molecule has 0 fully saturated rings. The molecule has 3 nitrogen and oxygen atoms in total. The molecule has 0 N–H and O–H groups in total. The van der Waals surface area contributed by atoms with E-state index in [0.717, 1.165) is 11.3 Å². The van der Waals surface area contributed by atoms with Crippen LogP contribution in [0, 0.1) is 5.92 Å². The smallest absolute Gasteiger partial charge is 0.143 e. The minimum atomic E-state index is -0.478. The second kappa shape index (κ2) is 6.18. The fourth-order valence-electron chi connectivity index (χ4n) is 1.50. The van der Waals surface area contributed by atoms with Gasteiger partial charge < -0.3 is 4.74 Å². The maximum atomic E-state index is 11.6. The van der Waals surface area contributed by atoms with Crippen LogP contribution in [0.25, 0.3) is 0 Å². The van der Waals surface area contributed by atoms with Gasteiger partial charge in [0.15, 0.2) is 0 Å². The molecule has 0 aliphatic heterocycles. The lowest BCUT2D eigenvalue weighted by Crippen LogP contribution is -2.18. The molecule has 0 saturated heterocycles. The molecule has 0 spiro atoms. The monoisotopic (exact) mass is 234 g/mol. The van der Waals surface area contributed by atoms with Gasteiger partial charge in [-0.3, -0.25) is 9.59 Å². The van der Waals surface area contributed by atoms with Crippen LogP contribution >= 0.6 is 0 Å². The summed E-state index contributed by atoms with van der Waals surface area (Å²) in [7, 11) is 1.62. The maximum absolute atomic E-state index is 11.6. The van der Waals surface area contributed by atoms with E-state index < -0.39 is 5.92 Å². The molecule has 0 saturated carbocycles. The number of ketones is 2. The lowest BCUT2D eigenvalue weighted by molar-refractivity contribution is -0.130. The molecule has 92 valence electrons. The molecular weight excluding hydrogens is 216 g/mol. The summed E-state index contributed by atoms with van der Waals surface area (Å²) in [5, 5.41) is 0. The average Bonchev–Trinajstić information content (AvgIpc) is 2.35. The largest absolute Gasteiger partial charge is 0.497 e. The van der Waals surface area contributed by atoms with Gasteiger partial charge >= 0.3 is 0 Å². The van der Waals surface area contributed by atoms with Crippen molar-refractivity contribution in [2.45, 2.75) is 26.7 Å². The van der Waals surface area contributed by atoms with E-state index in [1.807, 2.05) is 24.3 Å². The number of methoxy groups -OCH3 is 1. The average molecular weight is 234 g/mol. The zero-order valence-electron chi connectivity index (χ0n) is 10.5. The molecule has 0 radical (unpaired) electrons. The lowest BCUT2D eigenvalue weighted by Gasteiger charge is -2.07. The second-order valence-electron chi connectivity index (χ2n) is 4.15. The highest BCUT2D eigenvalue weighted by Gasteiger charge is 2.16. The molecule has 3 heteroatoms. The first-order valence-electron chi connectivity index (χ1n) is 5.70. The van der Waals surface area contributed by atoms with Crippen LogP contribution < -0.4 is 4.74 Å². The van der Waals surface area contributed by atoms with E-state index in [2.05, 4.69) is 0 Å². The van der Waals surface area contributed by atoms with E-state index in [9.17, 15) is 9.59 Å². The standard InChI is InChI=1S/C14H18O3/c1-10(11(2)15)14(16)9-6-12-4-7-13(17-3)8-5-12/h4-5,7-8,10H,6,9H2,1-3H3. The number of Topliss-reactive ketones (excluding diaryl/α,β-unsaturated/α-hetero) is 2. The second-order valence-corrected chi connectivity index (χ2v) is 4.15. The van der Waals surface area contributed by atoms with Crippen LogP contribution in [0.3, 0.4) is 0 Å². The van der Waals surface area contributed by atoms with Gasteiger partial charge in [-0.2, -0.15) is 0 Å². The molecular formula is C14H18O3. The number of aryl methyl sites for hydroxylation is 1. The van der Waals surface area contributed by atoms with Crippen LogP contribution in [0.4, 0.5) is 0 Å². The molecule has 0 amide bonds. The molecule has 1 unspecified atom stereocenters. The maximum Gasteiger partial charge on any atom is 0.143 e.